The van der Waals surface area contributed by atoms with Crippen molar-refractivity contribution >= 4 is 0 Å². The van der Waals surface area contributed by atoms with Gasteiger partial charge in [0.1, 0.15) is 0 Å². The minimum Gasteiger partial charge on any atom is -0.378 e. The third-order valence-corrected chi connectivity index (χ3v) is 4.24. The second kappa shape index (κ2) is 4.39. The number of nitrogens with zero attached hydrogens (tertiary/aromatic N) is 1. The van der Waals surface area contributed by atoms with Crippen LogP contribution < -0.4 is 5.73 Å². The van der Waals surface area contributed by atoms with Crippen LogP contribution in [0.4, 0.5) is 0 Å². The Balaban J connectivity index is 1.78. The minimum absolute atomic E-state index is 0.205. The van der Waals surface area contributed by atoms with Crippen LogP contribution in [-0.2, 0) is 11.2 Å². The van der Waals surface area contributed by atoms with E-state index in [2.05, 4.69) is 18.0 Å². The molecule has 4 unspecified atom stereocenters. The van der Waals surface area contributed by atoms with E-state index in [1.807, 2.05) is 12.3 Å². The van der Waals surface area contributed by atoms with Crippen LogP contribution >= 0.6 is 0 Å². The van der Waals surface area contributed by atoms with Crippen LogP contribution in [0.25, 0.3) is 0 Å². The molecule has 1 aromatic rings. The van der Waals surface area contributed by atoms with Gasteiger partial charge in [0.25, 0.3) is 0 Å². The first kappa shape index (κ1) is 11.2. The van der Waals surface area contributed by atoms with Crippen LogP contribution in [0.2, 0.25) is 0 Å². The van der Waals surface area contributed by atoms with E-state index in [0.29, 0.717) is 17.9 Å². The maximum atomic E-state index is 6.44. The number of rotatable bonds is 2. The first-order valence-electron chi connectivity index (χ1n) is 6.56. The van der Waals surface area contributed by atoms with E-state index in [4.69, 9.17) is 10.5 Å². The molecule has 0 radical (unpaired) electrons. The summed E-state index contributed by atoms with van der Waals surface area (Å²) in [4.78, 5) is 4.53. The Bertz CT molecular complexity index is 407. The highest BCUT2D eigenvalue weighted by Gasteiger charge is 2.36. The van der Waals surface area contributed by atoms with Gasteiger partial charge in [-0.2, -0.15) is 0 Å². The molecule has 3 heteroatoms. The number of hydrogen-bond acceptors (Lipinski definition) is 3. The van der Waals surface area contributed by atoms with Crippen molar-refractivity contribution in [2.45, 2.75) is 44.2 Å². The van der Waals surface area contributed by atoms with Gasteiger partial charge in [0.15, 0.2) is 0 Å². The highest BCUT2D eigenvalue weighted by Crippen LogP contribution is 2.37. The van der Waals surface area contributed by atoms with Crippen LogP contribution in [-0.4, -0.2) is 23.7 Å². The molecular formula is C14H20N2O. The number of fused-ring (bicyclic) bond motifs is 1. The van der Waals surface area contributed by atoms with Gasteiger partial charge < -0.3 is 10.5 Å². The van der Waals surface area contributed by atoms with Gasteiger partial charge in [-0.1, -0.05) is 6.07 Å². The van der Waals surface area contributed by atoms with Crippen molar-refractivity contribution in [1.29, 1.82) is 0 Å². The summed E-state index contributed by atoms with van der Waals surface area (Å²) in [5, 5.41) is 0. The van der Waals surface area contributed by atoms with E-state index in [-0.39, 0.29) is 6.04 Å². The molecule has 1 aliphatic carbocycles. The molecule has 0 bridgehead atoms. The van der Waals surface area contributed by atoms with E-state index in [0.717, 1.165) is 25.9 Å². The Morgan fingerprint density at radius 3 is 3.18 bits per heavy atom. The molecular weight excluding hydrogens is 212 g/mol. The van der Waals surface area contributed by atoms with E-state index in [1.165, 1.54) is 11.3 Å². The predicted octanol–water partition coefficient (Wildman–Crippen LogP) is 1.86. The van der Waals surface area contributed by atoms with Gasteiger partial charge in [-0.25, -0.2) is 0 Å². The monoisotopic (exact) mass is 232 g/mol. The Hall–Kier alpha value is -0.930. The molecule has 3 rings (SSSR count). The van der Waals surface area contributed by atoms with Crippen LogP contribution in [0.1, 0.15) is 36.9 Å². The molecule has 1 saturated heterocycles. The van der Waals surface area contributed by atoms with Crippen molar-refractivity contribution in [2.24, 2.45) is 11.7 Å². The van der Waals surface area contributed by atoms with E-state index >= 15 is 0 Å². The smallest absolute Gasteiger partial charge is 0.0551 e. The molecule has 2 N–H and O–H groups in total. The molecule has 2 aliphatic rings. The number of aromatic nitrogens is 1. The summed E-state index contributed by atoms with van der Waals surface area (Å²) in [5.74, 6) is 0.938. The second-order valence-corrected chi connectivity index (χ2v) is 5.41. The molecule has 1 aliphatic heterocycles. The standard InChI is InChI=1S/C14H20N2O/c1-9-7-11(8-17-9)13(15)12-5-4-10-3-2-6-16-14(10)12/h2-3,6,9,11-13H,4-5,7-8,15H2,1H3. The SMILES string of the molecule is CC1CC(C(N)C2CCc3cccnc32)CO1. The van der Waals surface area contributed by atoms with Gasteiger partial charge in [0.2, 0.25) is 0 Å². The minimum atomic E-state index is 0.205. The molecule has 4 atom stereocenters. The molecule has 0 spiro atoms. The van der Waals surface area contributed by atoms with Gasteiger partial charge >= 0.3 is 0 Å². The fourth-order valence-corrected chi connectivity index (χ4v) is 3.27. The van der Waals surface area contributed by atoms with Gasteiger partial charge in [0, 0.05) is 29.8 Å². The molecule has 1 fully saturated rings. The normalized spacial score (nSPS) is 33.6. The number of ether oxygens (including phenoxy) is 1. The molecule has 0 aromatic carbocycles. The van der Waals surface area contributed by atoms with Gasteiger partial charge in [-0.05, 0) is 37.8 Å². The molecule has 1 aromatic heterocycles. The van der Waals surface area contributed by atoms with Crippen molar-refractivity contribution in [1.82, 2.24) is 4.98 Å². The van der Waals surface area contributed by atoms with Crippen LogP contribution in [0, 0.1) is 5.92 Å². The van der Waals surface area contributed by atoms with E-state index in [9.17, 15) is 0 Å². The van der Waals surface area contributed by atoms with Gasteiger partial charge in [-0.15, -0.1) is 0 Å². The first-order chi connectivity index (χ1) is 8.25. The molecule has 0 amide bonds. The van der Waals surface area contributed by atoms with Crippen LogP contribution in [0.5, 0.6) is 0 Å². The van der Waals surface area contributed by atoms with Crippen LogP contribution in [0.15, 0.2) is 18.3 Å². The lowest BCUT2D eigenvalue weighted by Gasteiger charge is -2.24. The summed E-state index contributed by atoms with van der Waals surface area (Å²) in [6.45, 7) is 2.95. The Morgan fingerprint density at radius 2 is 2.41 bits per heavy atom. The zero-order valence-corrected chi connectivity index (χ0v) is 10.3. The molecule has 92 valence electrons. The Morgan fingerprint density at radius 1 is 1.53 bits per heavy atom. The van der Waals surface area contributed by atoms with Crippen molar-refractivity contribution < 1.29 is 4.74 Å². The highest BCUT2D eigenvalue weighted by atomic mass is 16.5. The average molecular weight is 232 g/mol. The number of pyridine rings is 1. The second-order valence-electron chi connectivity index (χ2n) is 5.41. The lowest BCUT2D eigenvalue weighted by Crippen LogP contribution is -2.36. The maximum absolute atomic E-state index is 6.44. The largest absolute Gasteiger partial charge is 0.378 e. The summed E-state index contributed by atoms with van der Waals surface area (Å²) >= 11 is 0. The number of hydrogen-bond donors (Lipinski definition) is 1. The van der Waals surface area contributed by atoms with Gasteiger partial charge in [-0.3, -0.25) is 4.98 Å². The van der Waals surface area contributed by atoms with Crippen molar-refractivity contribution in [3.8, 4) is 0 Å². The van der Waals surface area contributed by atoms with Crippen LogP contribution in [0.3, 0.4) is 0 Å². The molecule has 3 nitrogen and oxygen atoms in total. The maximum Gasteiger partial charge on any atom is 0.0551 e. The predicted molar refractivity (Wildman–Crippen MR) is 66.8 cm³/mol. The average Bonchev–Trinajstić information content (AvgIpc) is 2.94. The fourth-order valence-electron chi connectivity index (χ4n) is 3.27. The zero-order chi connectivity index (χ0) is 11.8. The van der Waals surface area contributed by atoms with E-state index in [1.54, 1.807) is 0 Å². The lowest BCUT2D eigenvalue weighted by molar-refractivity contribution is 0.117. The Kier molecular flexibility index (Phi) is 2.89. The number of nitrogens with two attached hydrogens (primary N) is 1. The summed E-state index contributed by atoms with van der Waals surface area (Å²) in [6, 6.07) is 4.41. The molecule has 2 heterocycles. The summed E-state index contributed by atoms with van der Waals surface area (Å²) in [6.07, 6.45) is 5.64. The quantitative estimate of drug-likeness (QED) is 0.846. The third-order valence-electron chi connectivity index (χ3n) is 4.24. The fraction of sp³-hybridized carbons (Fsp3) is 0.643. The number of aryl methyl sites for hydroxylation is 1. The van der Waals surface area contributed by atoms with Crippen molar-refractivity contribution in [2.75, 3.05) is 6.61 Å². The molecule has 17 heavy (non-hydrogen) atoms. The lowest BCUT2D eigenvalue weighted by atomic mass is 9.86. The summed E-state index contributed by atoms with van der Waals surface area (Å²) in [5.41, 5.74) is 9.07. The van der Waals surface area contributed by atoms with Crippen molar-refractivity contribution in [3.05, 3.63) is 29.6 Å². The topological polar surface area (TPSA) is 48.1 Å². The third kappa shape index (κ3) is 1.98. The van der Waals surface area contributed by atoms with Gasteiger partial charge in [0.05, 0.1) is 12.7 Å². The van der Waals surface area contributed by atoms with E-state index < -0.39 is 0 Å². The molecule has 0 saturated carbocycles. The summed E-state index contributed by atoms with van der Waals surface area (Å²) in [7, 11) is 0. The van der Waals surface area contributed by atoms with Crippen molar-refractivity contribution in [3.63, 3.8) is 0 Å². The zero-order valence-electron chi connectivity index (χ0n) is 10.3. The highest BCUT2D eigenvalue weighted by molar-refractivity contribution is 5.30. The summed E-state index contributed by atoms with van der Waals surface area (Å²) < 4.78 is 5.63. The first-order valence-corrected chi connectivity index (χ1v) is 6.56. The Labute approximate surface area is 102 Å².